The predicted octanol–water partition coefficient (Wildman–Crippen LogP) is 0.573. The van der Waals surface area contributed by atoms with E-state index < -0.39 is 21.8 Å². The summed E-state index contributed by atoms with van der Waals surface area (Å²) in [7, 11) is -2.13. The van der Waals surface area contributed by atoms with Crippen molar-refractivity contribution in [1.82, 2.24) is 0 Å². The highest BCUT2D eigenvalue weighted by molar-refractivity contribution is 7.90. The number of carbonyl (C=O) groups is 1. The lowest BCUT2D eigenvalue weighted by atomic mass is 10.0. The lowest BCUT2D eigenvalue weighted by Crippen LogP contribution is -2.19. The third kappa shape index (κ3) is 3.21. The molecule has 0 radical (unpaired) electrons. The van der Waals surface area contributed by atoms with Gasteiger partial charge >= 0.3 is 5.97 Å². The fourth-order valence-electron chi connectivity index (χ4n) is 1.68. The summed E-state index contributed by atoms with van der Waals surface area (Å²) < 4.78 is 28.4. The van der Waals surface area contributed by atoms with E-state index in [-0.39, 0.29) is 22.6 Å². The SMILES string of the molecule is COc1cccc(S(C)(=O)=O)c1C(N)CC(=O)O. The van der Waals surface area contributed by atoms with Crippen LogP contribution >= 0.6 is 0 Å². The molecule has 6 nitrogen and oxygen atoms in total. The van der Waals surface area contributed by atoms with Gasteiger partial charge in [-0.15, -0.1) is 0 Å². The normalized spacial score (nSPS) is 13.1. The lowest BCUT2D eigenvalue weighted by molar-refractivity contribution is -0.137. The Bertz CT molecular complexity index is 553. The highest BCUT2D eigenvalue weighted by atomic mass is 32.2. The molecule has 1 aromatic carbocycles. The molecule has 1 unspecified atom stereocenters. The Morgan fingerprint density at radius 1 is 1.50 bits per heavy atom. The van der Waals surface area contributed by atoms with Crippen LogP contribution < -0.4 is 10.5 Å². The Labute approximate surface area is 105 Å². The van der Waals surface area contributed by atoms with E-state index in [2.05, 4.69) is 0 Å². The van der Waals surface area contributed by atoms with Crippen molar-refractivity contribution in [2.75, 3.05) is 13.4 Å². The van der Waals surface area contributed by atoms with Gasteiger partial charge in [0.2, 0.25) is 0 Å². The predicted molar refractivity (Wildman–Crippen MR) is 65.3 cm³/mol. The summed E-state index contributed by atoms with van der Waals surface area (Å²) in [6.45, 7) is 0. The first-order valence-electron chi connectivity index (χ1n) is 5.11. The second-order valence-electron chi connectivity index (χ2n) is 3.85. The van der Waals surface area contributed by atoms with E-state index in [0.717, 1.165) is 6.26 Å². The van der Waals surface area contributed by atoms with Crippen molar-refractivity contribution in [3.8, 4) is 5.75 Å². The summed E-state index contributed by atoms with van der Waals surface area (Å²) in [6.07, 6.45) is 0.668. The van der Waals surface area contributed by atoms with Gasteiger partial charge in [0.15, 0.2) is 9.84 Å². The molecule has 1 rings (SSSR count). The Balaban J connectivity index is 3.42. The molecule has 0 aliphatic carbocycles. The Kier molecular flexibility index (Phi) is 4.31. The molecule has 0 saturated heterocycles. The van der Waals surface area contributed by atoms with Gasteiger partial charge in [0.25, 0.3) is 0 Å². The number of rotatable bonds is 5. The Hall–Kier alpha value is -1.60. The van der Waals surface area contributed by atoms with Crippen LogP contribution in [0.3, 0.4) is 0 Å². The summed E-state index contributed by atoms with van der Waals surface area (Å²) in [5, 5.41) is 8.73. The first kappa shape index (κ1) is 14.5. The van der Waals surface area contributed by atoms with E-state index >= 15 is 0 Å². The maximum absolute atomic E-state index is 11.7. The van der Waals surface area contributed by atoms with E-state index in [1.807, 2.05) is 0 Å². The van der Waals surface area contributed by atoms with Crippen LogP contribution in [0.4, 0.5) is 0 Å². The molecule has 100 valence electrons. The molecular formula is C11H15NO5S. The molecule has 1 aromatic rings. The minimum absolute atomic E-state index is 0.00407. The number of nitrogens with two attached hydrogens (primary N) is 1. The molecule has 0 bridgehead atoms. The van der Waals surface area contributed by atoms with Gasteiger partial charge in [0, 0.05) is 17.9 Å². The van der Waals surface area contributed by atoms with Crippen LogP contribution in [0.1, 0.15) is 18.0 Å². The highest BCUT2D eigenvalue weighted by Crippen LogP contribution is 2.32. The maximum Gasteiger partial charge on any atom is 0.305 e. The van der Waals surface area contributed by atoms with Crippen molar-refractivity contribution in [3.63, 3.8) is 0 Å². The van der Waals surface area contributed by atoms with Gasteiger partial charge in [-0.2, -0.15) is 0 Å². The summed E-state index contributed by atoms with van der Waals surface area (Å²) in [5.74, 6) is -0.834. The standard InChI is InChI=1S/C11H15NO5S/c1-17-8-4-3-5-9(18(2,15)16)11(8)7(12)6-10(13)14/h3-5,7H,6,12H2,1-2H3,(H,13,14). The summed E-state index contributed by atoms with van der Waals surface area (Å²) in [4.78, 5) is 10.7. The number of carboxylic acid groups (broad SMARTS) is 1. The van der Waals surface area contributed by atoms with Crippen molar-refractivity contribution >= 4 is 15.8 Å². The van der Waals surface area contributed by atoms with E-state index in [4.69, 9.17) is 15.6 Å². The summed E-state index contributed by atoms with van der Waals surface area (Å²) in [5.41, 5.74) is 5.94. The van der Waals surface area contributed by atoms with E-state index in [0.29, 0.717) is 0 Å². The van der Waals surface area contributed by atoms with Crippen LogP contribution in [-0.4, -0.2) is 32.9 Å². The summed E-state index contributed by atoms with van der Waals surface area (Å²) in [6, 6.07) is 3.51. The first-order valence-corrected chi connectivity index (χ1v) is 7.01. The third-order valence-electron chi connectivity index (χ3n) is 2.41. The highest BCUT2D eigenvalue weighted by Gasteiger charge is 2.23. The monoisotopic (exact) mass is 273 g/mol. The molecule has 0 amide bonds. The smallest absolute Gasteiger partial charge is 0.305 e. The van der Waals surface area contributed by atoms with Crippen molar-refractivity contribution in [1.29, 1.82) is 0 Å². The van der Waals surface area contributed by atoms with E-state index in [1.165, 1.54) is 19.2 Å². The molecule has 0 heterocycles. The molecule has 3 N–H and O–H groups in total. The molecule has 0 aliphatic rings. The number of sulfone groups is 1. The number of hydrogen-bond donors (Lipinski definition) is 2. The van der Waals surface area contributed by atoms with Gasteiger partial charge in [-0.3, -0.25) is 4.79 Å². The van der Waals surface area contributed by atoms with Crippen LogP contribution in [0.15, 0.2) is 23.1 Å². The van der Waals surface area contributed by atoms with Crippen molar-refractivity contribution < 1.29 is 23.1 Å². The number of methoxy groups -OCH3 is 1. The molecule has 0 aliphatic heterocycles. The van der Waals surface area contributed by atoms with Gasteiger partial charge in [0.05, 0.1) is 18.4 Å². The first-order chi connectivity index (χ1) is 8.27. The number of aliphatic carboxylic acids is 1. The number of hydrogen-bond acceptors (Lipinski definition) is 5. The minimum atomic E-state index is -3.50. The number of ether oxygens (including phenoxy) is 1. The van der Waals surface area contributed by atoms with Gasteiger partial charge in [-0.1, -0.05) is 6.07 Å². The largest absolute Gasteiger partial charge is 0.496 e. The van der Waals surface area contributed by atoms with Gasteiger partial charge in [-0.05, 0) is 12.1 Å². The van der Waals surface area contributed by atoms with Crippen LogP contribution in [0, 0.1) is 0 Å². The minimum Gasteiger partial charge on any atom is -0.496 e. The van der Waals surface area contributed by atoms with Crippen LogP contribution in [-0.2, 0) is 14.6 Å². The number of benzene rings is 1. The van der Waals surface area contributed by atoms with Crippen molar-refractivity contribution in [3.05, 3.63) is 23.8 Å². The fraction of sp³-hybridized carbons (Fsp3) is 0.364. The fourth-order valence-corrected chi connectivity index (χ4v) is 2.66. The van der Waals surface area contributed by atoms with E-state index in [1.54, 1.807) is 6.07 Å². The molecule has 0 spiro atoms. The second-order valence-corrected chi connectivity index (χ2v) is 5.83. The average Bonchev–Trinajstić information content (AvgIpc) is 2.25. The van der Waals surface area contributed by atoms with Crippen LogP contribution in [0.25, 0.3) is 0 Å². The van der Waals surface area contributed by atoms with Gasteiger partial charge in [-0.25, -0.2) is 8.42 Å². The number of carboxylic acids is 1. The third-order valence-corrected chi connectivity index (χ3v) is 3.57. The molecule has 7 heteroatoms. The molecule has 0 fully saturated rings. The molecule has 1 atom stereocenters. The quantitative estimate of drug-likeness (QED) is 0.812. The average molecular weight is 273 g/mol. The molecule has 18 heavy (non-hydrogen) atoms. The zero-order chi connectivity index (χ0) is 13.9. The van der Waals surface area contributed by atoms with Gasteiger partial charge < -0.3 is 15.6 Å². The lowest BCUT2D eigenvalue weighted by Gasteiger charge is -2.17. The Morgan fingerprint density at radius 3 is 2.56 bits per heavy atom. The Morgan fingerprint density at radius 2 is 2.11 bits per heavy atom. The maximum atomic E-state index is 11.7. The molecule has 0 aromatic heterocycles. The van der Waals surface area contributed by atoms with Crippen LogP contribution in [0.5, 0.6) is 5.75 Å². The molecular weight excluding hydrogens is 258 g/mol. The second kappa shape index (κ2) is 5.36. The summed E-state index contributed by atoms with van der Waals surface area (Å²) >= 11 is 0. The van der Waals surface area contributed by atoms with E-state index in [9.17, 15) is 13.2 Å². The molecule has 0 saturated carbocycles. The zero-order valence-corrected chi connectivity index (χ0v) is 10.9. The topological polar surface area (TPSA) is 107 Å². The van der Waals surface area contributed by atoms with Gasteiger partial charge in [0.1, 0.15) is 5.75 Å². The van der Waals surface area contributed by atoms with Crippen molar-refractivity contribution in [2.45, 2.75) is 17.4 Å². The zero-order valence-electron chi connectivity index (χ0n) is 10.1. The van der Waals surface area contributed by atoms with Crippen molar-refractivity contribution in [2.24, 2.45) is 5.73 Å². The van der Waals surface area contributed by atoms with Crippen LogP contribution in [0.2, 0.25) is 0 Å².